The van der Waals surface area contributed by atoms with E-state index in [4.69, 9.17) is 0 Å². The molecular formula is C23H27N3O3. The number of carbonyl (C=O) groups excluding carboxylic acids is 3. The highest BCUT2D eigenvalue weighted by Crippen LogP contribution is 2.20. The fourth-order valence-corrected chi connectivity index (χ4v) is 3.45. The summed E-state index contributed by atoms with van der Waals surface area (Å²) in [6.07, 6.45) is 1.37. The van der Waals surface area contributed by atoms with E-state index >= 15 is 0 Å². The van der Waals surface area contributed by atoms with Gasteiger partial charge in [0.2, 0.25) is 5.91 Å². The number of hydrogen-bond acceptors (Lipinski definition) is 3. The van der Waals surface area contributed by atoms with Crippen molar-refractivity contribution in [3.8, 4) is 0 Å². The second-order valence-electron chi connectivity index (χ2n) is 7.36. The average molecular weight is 393 g/mol. The number of likely N-dealkylation sites (tertiary alicyclic amines) is 1. The molecule has 1 saturated heterocycles. The van der Waals surface area contributed by atoms with Crippen molar-refractivity contribution in [2.75, 3.05) is 25.0 Å². The molecule has 1 heterocycles. The maximum Gasteiger partial charge on any atom is 0.255 e. The van der Waals surface area contributed by atoms with Crippen LogP contribution in [0.15, 0.2) is 48.5 Å². The molecule has 2 aromatic carbocycles. The second kappa shape index (κ2) is 9.37. The van der Waals surface area contributed by atoms with Crippen LogP contribution in [0.5, 0.6) is 0 Å². The number of anilines is 1. The molecule has 0 saturated carbocycles. The van der Waals surface area contributed by atoms with Crippen LogP contribution in [0.2, 0.25) is 0 Å². The lowest BCUT2D eigenvalue weighted by molar-refractivity contribution is -0.126. The largest absolute Gasteiger partial charge is 0.356 e. The summed E-state index contributed by atoms with van der Waals surface area (Å²) in [5.74, 6) is -0.168. The Morgan fingerprint density at radius 1 is 0.931 bits per heavy atom. The maximum atomic E-state index is 12.7. The molecule has 0 aromatic heterocycles. The monoisotopic (exact) mass is 393 g/mol. The summed E-state index contributed by atoms with van der Waals surface area (Å²) in [6, 6.07) is 14.3. The Labute approximate surface area is 171 Å². The molecule has 6 heteroatoms. The van der Waals surface area contributed by atoms with E-state index in [0.717, 1.165) is 5.56 Å². The number of hydrogen-bond donors (Lipinski definition) is 2. The summed E-state index contributed by atoms with van der Waals surface area (Å²) in [7, 11) is 0. The van der Waals surface area contributed by atoms with Crippen LogP contribution < -0.4 is 10.6 Å². The fraction of sp³-hybridized carbons (Fsp3) is 0.348. The molecule has 152 valence electrons. The van der Waals surface area contributed by atoms with Crippen LogP contribution in [-0.2, 0) is 4.79 Å². The van der Waals surface area contributed by atoms with E-state index in [0.29, 0.717) is 49.3 Å². The number of nitrogens with zero attached hydrogens (tertiary/aromatic N) is 1. The lowest BCUT2D eigenvalue weighted by atomic mass is 9.95. The molecule has 1 fully saturated rings. The lowest BCUT2D eigenvalue weighted by Gasteiger charge is -2.31. The van der Waals surface area contributed by atoms with Gasteiger partial charge in [0.15, 0.2) is 0 Å². The van der Waals surface area contributed by atoms with Gasteiger partial charge in [-0.3, -0.25) is 14.4 Å². The van der Waals surface area contributed by atoms with Gasteiger partial charge in [0.05, 0.1) is 0 Å². The molecule has 3 rings (SSSR count). The van der Waals surface area contributed by atoms with Gasteiger partial charge in [-0.1, -0.05) is 17.7 Å². The van der Waals surface area contributed by atoms with Crippen LogP contribution in [0.4, 0.5) is 5.69 Å². The molecule has 0 aliphatic carbocycles. The fourth-order valence-electron chi connectivity index (χ4n) is 3.45. The summed E-state index contributed by atoms with van der Waals surface area (Å²) >= 11 is 0. The molecule has 6 nitrogen and oxygen atoms in total. The molecule has 3 amide bonds. The molecule has 0 radical (unpaired) electrons. The minimum absolute atomic E-state index is 0.0154. The van der Waals surface area contributed by atoms with Crippen molar-refractivity contribution in [2.24, 2.45) is 5.92 Å². The van der Waals surface area contributed by atoms with E-state index in [1.807, 2.05) is 26.0 Å². The number of carbonyl (C=O) groups is 3. The summed E-state index contributed by atoms with van der Waals surface area (Å²) in [4.78, 5) is 38.8. The number of piperidine rings is 1. The Bertz CT molecular complexity index is 867. The van der Waals surface area contributed by atoms with Gasteiger partial charge in [0.1, 0.15) is 0 Å². The Morgan fingerprint density at radius 2 is 1.52 bits per heavy atom. The molecular weight excluding hydrogens is 366 g/mol. The van der Waals surface area contributed by atoms with Crippen LogP contribution in [-0.4, -0.2) is 42.3 Å². The first-order chi connectivity index (χ1) is 14.0. The van der Waals surface area contributed by atoms with Gasteiger partial charge in [-0.2, -0.15) is 0 Å². The van der Waals surface area contributed by atoms with Crippen molar-refractivity contribution in [1.29, 1.82) is 0 Å². The van der Waals surface area contributed by atoms with Crippen molar-refractivity contribution in [1.82, 2.24) is 10.2 Å². The molecule has 0 bridgehead atoms. The van der Waals surface area contributed by atoms with Crippen molar-refractivity contribution in [3.63, 3.8) is 0 Å². The number of amides is 3. The molecule has 1 aliphatic heterocycles. The normalized spacial score (nSPS) is 14.3. The minimum Gasteiger partial charge on any atom is -0.356 e. The first-order valence-electron chi connectivity index (χ1n) is 10.0. The first kappa shape index (κ1) is 20.6. The van der Waals surface area contributed by atoms with Crippen molar-refractivity contribution < 1.29 is 14.4 Å². The molecule has 0 atom stereocenters. The molecule has 1 aliphatic rings. The molecule has 2 N–H and O–H groups in total. The predicted octanol–water partition coefficient (Wildman–Crippen LogP) is 3.24. The molecule has 2 aromatic rings. The average Bonchev–Trinajstić information content (AvgIpc) is 2.74. The number of aryl methyl sites for hydroxylation is 1. The van der Waals surface area contributed by atoms with Crippen LogP contribution >= 0.6 is 0 Å². The number of nitrogens with one attached hydrogen (secondary N) is 2. The quantitative estimate of drug-likeness (QED) is 0.819. The van der Waals surface area contributed by atoms with Gasteiger partial charge >= 0.3 is 0 Å². The van der Waals surface area contributed by atoms with Crippen molar-refractivity contribution in [2.45, 2.75) is 26.7 Å². The summed E-state index contributed by atoms with van der Waals surface area (Å²) in [5.41, 5.74) is 2.90. The summed E-state index contributed by atoms with van der Waals surface area (Å²) in [6.45, 7) is 5.66. The first-order valence-corrected chi connectivity index (χ1v) is 10.0. The second-order valence-corrected chi connectivity index (χ2v) is 7.36. The van der Waals surface area contributed by atoms with Gasteiger partial charge in [-0.15, -0.1) is 0 Å². The van der Waals surface area contributed by atoms with Gasteiger partial charge in [-0.05, 0) is 63.1 Å². The van der Waals surface area contributed by atoms with E-state index in [1.54, 1.807) is 41.3 Å². The van der Waals surface area contributed by atoms with E-state index in [1.165, 1.54) is 0 Å². The predicted molar refractivity (Wildman–Crippen MR) is 113 cm³/mol. The van der Waals surface area contributed by atoms with Crippen LogP contribution in [0.1, 0.15) is 46.0 Å². The van der Waals surface area contributed by atoms with Gasteiger partial charge in [0, 0.05) is 42.4 Å². The summed E-state index contributed by atoms with van der Waals surface area (Å²) < 4.78 is 0. The standard InChI is InChI=1S/C23H27N3O3/c1-3-24-21(27)18-12-14-26(15-13-18)23(29)19-8-10-20(11-9-19)25-22(28)17-6-4-16(2)5-7-17/h4-11,18H,3,12-15H2,1-2H3,(H,24,27)(H,25,28). The smallest absolute Gasteiger partial charge is 0.255 e. The van der Waals surface area contributed by atoms with Gasteiger partial charge in [-0.25, -0.2) is 0 Å². The highest BCUT2D eigenvalue weighted by atomic mass is 16.2. The third-order valence-corrected chi connectivity index (χ3v) is 5.21. The molecule has 29 heavy (non-hydrogen) atoms. The Balaban J connectivity index is 1.56. The van der Waals surface area contributed by atoms with E-state index in [9.17, 15) is 14.4 Å². The minimum atomic E-state index is -0.184. The topological polar surface area (TPSA) is 78.5 Å². The van der Waals surface area contributed by atoms with E-state index < -0.39 is 0 Å². The molecule has 0 unspecified atom stereocenters. The highest BCUT2D eigenvalue weighted by molar-refractivity contribution is 6.04. The van der Waals surface area contributed by atoms with Crippen LogP contribution in [0, 0.1) is 12.8 Å². The zero-order valence-electron chi connectivity index (χ0n) is 16.9. The van der Waals surface area contributed by atoms with Crippen molar-refractivity contribution in [3.05, 3.63) is 65.2 Å². The van der Waals surface area contributed by atoms with Crippen LogP contribution in [0.25, 0.3) is 0 Å². The van der Waals surface area contributed by atoms with Crippen molar-refractivity contribution >= 4 is 23.4 Å². The number of benzene rings is 2. The highest BCUT2D eigenvalue weighted by Gasteiger charge is 2.27. The van der Waals surface area contributed by atoms with Gasteiger partial charge in [0.25, 0.3) is 11.8 Å². The summed E-state index contributed by atoms with van der Waals surface area (Å²) in [5, 5.41) is 5.70. The van der Waals surface area contributed by atoms with Crippen LogP contribution in [0.3, 0.4) is 0 Å². The van der Waals surface area contributed by atoms with E-state index in [2.05, 4.69) is 10.6 Å². The lowest BCUT2D eigenvalue weighted by Crippen LogP contribution is -2.43. The SMILES string of the molecule is CCNC(=O)C1CCN(C(=O)c2ccc(NC(=O)c3ccc(C)cc3)cc2)CC1. The Hall–Kier alpha value is -3.15. The third-order valence-electron chi connectivity index (χ3n) is 5.21. The number of rotatable bonds is 5. The zero-order chi connectivity index (χ0) is 20.8. The maximum absolute atomic E-state index is 12.7. The van der Waals surface area contributed by atoms with E-state index in [-0.39, 0.29) is 23.6 Å². The Morgan fingerprint density at radius 3 is 2.10 bits per heavy atom. The van der Waals surface area contributed by atoms with Gasteiger partial charge < -0.3 is 15.5 Å². The zero-order valence-corrected chi connectivity index (χ0v) is 16.9. The Kier molecular flexibility index (Phi) is 6.65. The third kappa shape index (κ3) is 5.22. The molecule has 0 spiro atoms.